The van der Waals surface area contributed by atoms with Gasteiger partial charge in [0.2, 0.25) is 0 Å². The molecule has 0 radical (unpaired) electrons. The van der Waals surface area contributed by atoms with Gasteiger partial charge in [0.15, 0.2) is 0 Å². The standard InChI is InChI=1S/C18H29N3O5/c1-18(2,3)26-17(24)21-15(11-19-9-10-22)12-20-16(23)25-13-14-7-5-4-6-8-14/h4-8,15,19,22H,9-13H2,1-3H3,(H,20,23)(H,21,24)/t15-/m1/s1. The number of benzene rings is 1. The summed E-state index contributed by atoms with van der Waals surface area (Å²) in [6.07, 6.45) is -1.15. The fourth-order valence-corrected chi connectivity index (χ4v) is 1.98. The first-order valence-corrected chi connectivity index (χ1v) is 8.56. The maximum atomic E-state index is 11.9. The molecule has 4 N–H and O–H groups in total. The predicted octanol–water partition coefficient (Wildman–Crippen LogP) is 1.39. The lowest BCUT2D eigenvalue weighted by molar-refractivity contribution is 0.0501. The first-order chi connectivity index (χ1) is 12.3. The average Bonchev–Trinajstić information content (AvgIpc) is 2.57. The third-order valence-corrected chi connectivity index (χ3v) is 3.11. The molecule has 0 aliphatic carbocycles. The molecule has 0 spiro atoms. The Bertz CT molecular complexity index is 546. The quantitative estimate of drug-likeness (QED) is 0.491. The molecule has 0 fully saturated rings. The van der Waals surface area contributed by atoms with Crippen molar-refractivity contribution in [3.05, 3.63) is 35.9 Å². The highest BCUT2D eigenvalue weighted by Gasteiger charge is 2.20. The molecule has 0 aliphatic rings. The van der Waals surface area contributed by atoms with Crippen molar-refractivity contribution in [2.75, 3.05) is 26.2 Å². The number of ether oxygens (including phenoxy) is 2. The van der Waals surface area contributed by atoms with Crippen LogP contribution in [0.25, 0.3) is 0 Å². The van der Waals surface area contributed by atoms with Gasteiger partial charge in [0, 0.05) is 19.6 Å². The van der Waals surface area contributed by atoms with Crippen molar-refractivity contribution in [3.8, 4) is 0 Å². The number of carbonyl (C=O) groups is 2. The van der Waals surface area contributed by atoms with E-state index >= 15 is 0 Å². The number of amides is 2. The third-order valence-electron chi connectivity index (χ3n) is 3.11. The zero-order valence-corrected chi connectivity index (χ0v) is 15.6. The molecule has 26 heavy (non-hydrogen) atoms. The Labute approximate surface area is 154 Å². The van der Waals surface area contributed by atoms with Gasteiger partial charge in [-0.25, -0.2) is 9.59 Å². The number of alkyl carbamates (subject to hydrolysis) is 2. The molecule has 0 bridgehead atoms. The van der Waals surface area contributed by atoms with Crippen LogP contribution in [0.1, 0.15) is 26.3 Å². The summed E-state index contributed by atoms with van der Waals surface area (Å²) in [5.41, 5.74) is 0.269. The van der Waals surface area contributed by atoms with Crippen LogP contribution in [-0.4, -0.2) is 55.2 Å². The summed E-state index contributed by atoms with van der Waals surface area (Å²) in [6.45, 7) is 6.35. The maximum absolute atomic E-state index is 11.9. The second-order valence-corrected chi connectivity index (χ2v) is 6.71. The van der Waals surface area contributed by atoms with E-state index in [9.17, 15) is 9.59 Å². The third kappa shape index (κ3) is 10.5. The number of hydrogen-bond acceptors (Lipinski definition) is 6. The van der Waals surface area contributed by atoms with Gasteiger partial charge < -0.3 is 30.5 Å². The lowest BCUT2D eigenvalue weighted by Gasteiger charge is -2.24. The zero-order valence-electron chi connectivity index (χ0n) is 15.6. The number of aliphatic hydroxyl groups is 1. The molecule has 1 aromatic rings. The average molecular weight is 367 g/mol. The van der Waals surface area contributed by atoms with Crippen LogP contribution in [0.5, 0.6) is 0 Å². The molecule has 0 aliphatic heterocycles. The van der Waals surface area contributed by atoms with Crippen LogP contribution in [-0.2, 0) is 16.1 Å². The number of carbonyl (C=O) groups excluding carboxylic acids is 2. The lowest BCUT2D eigenvalue weighted by Crippen LogP contribution is -2.50. The fraction of sp³-hybridized carbons (Fsp3) is 0.556. The van der Waals surface area contributed by atoms with Crippen molar-refractivity contribution in [2.45, 2.75) is 39.0 Å². The van der Waals surface area contributed by atoms with Crippen molar-refractivity contribution >= 4 is 12.2 Å². The Morgan fingerprint density at radius 1 is 1.12 bits per heavy atom. The summed E-state index contributed by atoms with van der Waals surface area (Å²) in [5.74, 6) is 0. The topological polar surface area (TPSA) is 109 Å². The molecule has 2 amide bonds. The first kappa shape index (κ1) is 21.7. The molecule has 8 heteroatoms. The highest BCUT2D eigenvalue weighted by Crippen LogP contribution is 2.06. The Hall–Kier alpha value is -2.32. The van der Waals surface area contributed by atoms with Crippen LogP contribution < -0.4 is 16.0 Å². The molecule has 0 aromatic heterocycles. The molecule has 0 unspecified atom stereocenters. The molecule has 0 heterocycles. The van der Waals surface area contributed by atoms with Crippen LogP contribution in [0.4, 0.5) is 9.59 Å². The van der Waals surface area contributed by atoms with Gasteiger partial charge in [-0.15, -0.1) is 0 Å². The van der Waals surface area contributed by atoms with E-state index in [4.69, 9.17) is 14.6 Å². The lowest BCUT2D eigenvalue weighted by atomic mass is 10.2. The van der Waals surface area contributed by atoms with E-state index in [1.54, 1.807) is 20.8 Å². The number of rotatable bonds is 9. The van der Waals surface area contributed by atoms with Crippen LogP contribution in [0.3, 0.4) is 0 Å². The molecule has 0 saturated heterocycles. The van der Waals surface area contributed by atoms with E-state index in [1.165, 1.54) is 0 Å². The summed E-state index contributed by atoms with van der Waals surface area (Å²) >= 11 is 0. The van der Waals surface area contributed by atoms with Crippen LogP contribution in [0.15, 0.2) is 30.3 Å². The van der Waals surface area contributed by atoms with Crippen molar-refractivity contribution < 1.29 is 24.2 Å². The van der Waals surface area contributed by atoms with Gasteiger partial charge in [0.25, 0.3) is 0 Å². The largest absolute Gasteiger partial charge is 0.445 e. The maximum Gasteiger partial charge on any atom is 0.407 e. The van der Waals surface area contributed by atoms with Crippen LogP contribution in [0, 0.1) is 0 Å². The van der Waals surface area contributed by atoms with Gasteiger partial charge in [-0.3, -0.25) is 0 Å². The van der Waals surface area contributed by atoms with Crippen molar-refractivity contribution in [1.82, 2.24) is 16.0 Å². The Morgan fingerprint density at radius 2 is 1.81 bits per heavy atom. The summed E-state index contributed by atoms with van der Waals surface area (Å²) in [4.78, 5) is 23.7. The highest BCUT2D eigenvalue weighted by molar-refractivity contribution is 5.69. The van der Waals surface area contributed by atoms with Gasteiger partial charge in [0.1, 0.15) is 12.2 Å². The summed E-state index contributed by atoms with van der Waals surface area (Å²) in [6, 6.07) is 8.92. The minimum atomic E-state index is -0.616. The fourth-order valence-electron chi connectivity index (χ4n) is 1.98. The summed E-state index contributed by atoms with van der Waals surface area (Å²) in [7, 11) is 0. The van der Waals surface area contributed by atoms with E-state index in [0.717, 1.165) is 5.56 Å². The predicted molar refractivity (Wildman–Crippen MR) is 97.7 cm³/mol. The second-order valence-electron chi connectivity index (χ2n) is 6.71. The Kier molecular flexibility index (Phi) is 9.46. The van der Waals surface area contributed by atoms with Crippen molar-refractivity contribution in [3.63, 3.8) is 0 Å². The molecule has 1 aromatic carbocycles. The number of nitrogens with one attached hydrogen (secondary N) is 3. The van der Waals surface area contributed by atoms with Crippen molar-refractivity contribution in [2.24, 2.45) is 0 Å². The molecular weight excluding hydrogens is 338 g/mol. The molecule has 0 saturated carbocycles. The Morgan fingerprint density at radius 3 is 2.42 bits per heavy atom. The number of aliphatic hydroxyl groups excluding tert-OH is 1. The van der Waals surface area contributed by atoms with Gasteiger partial charge in [-0.1, -0.05) is 30.3 Å². The monoisotopic (exact) mass is 367 g/mol. The van der Waals surface area contributed by atoms with Gasteiger partial charge in [0.05, 0.1) is 12.6 Å². The second kappa shape index (κ2) is 11.3. The van der Waals surface area contributed by atoms with Crippen LogP contribution in [0.2, 0.25) is 0 Å². The van der Waals surface area contributed by atoms with E-state index in [1.807, 2.05) is 30.3 Å². The smallest absolute Gasteiger partial charge is 0.407 e. The van der Waals surface area contributed by atoms with E-state index in [0.29, 0.717) is 13.1 Å². The van der Waals surface area contributed by atoms with E-state index < -0.39 is 23.8 Å². The van der Waals surface area contributed by atoms with Gasteiger partial charge in [-0.05, 0) is 26.3 Å². The molecule has 8 nitrogen and oxygen atoms in total. The molecular formula is C18H29N3O5. The van der Waals surface area contributed by atoms with Crippen molar-refractivity contribution in [1.29, 1.82) is 0 Å². The molecule has 1 atom stereocenters. The minimum absolute atomic E-state index is 0.0221. The summed E-state index contributed by atoms with van der Waals surface area (Å²) < 4.78 is 10.4. The van der Waals surface area contributed by atoms with E-state index in [2.05, 4.69) is 16.0 Å². The van der Waals surface area contributed by atoms with Crippen LogP contribution >= 0.6 is 0 Å². The van der Waals surface area contributed by atoms with Gasteiger partial charge >= 0.3 is 12.2 Å². The van der Waals surface area contributed by atoms with Gasteiger partial charge in [-0.2, -0.15) is 0 Å². The first-order valence-electron chi connectivity index (χ1n) is 8.56. The zero-order chi connectivity index (χ0) is 19.4. The Balaban J connectivity index is 2.42. The molecule has 1 rings (SSSR count). The normalized spacial score (nSPS) is 12.2. The molecule has 146 valence electrons. The number of hydrogen-bond donors (Lipinski definition) is 4. The highest BCUT2D eigenvalue weighted by atomic mass is 16.6. The van der Waals surface area contributed by atoms with E-state index in [-0.39, 0.29) is 19.8 Å². The summed E-state index contributed by atoms with van der Waals surface area (Å²) in [5, 5.41) is 17.1. The minimum Gasteiger partial charge on any atom is -0.445 e. The SMILES string of the molecule is CC(C)(C)OC(=O)N[C@H](CNCCO)CNC(=O)OCc1ccccc1.